The number of aromatic hydroxyl groups is 1. The van der Waals surface area contributed by atoms with E-state index in [1.807, 2.05) is 43.9 Å². The van der Waals surface area contributed by atoms with Crippen molar-refractivity contribution in [2.75, 3.05) is 57.4 Å². The molecule has 240 valence electrons. The van der Waals surface area contributed by atoms with Crippen LogP contribution in [0.15, 0.2) is 30.3 Å². The Morgan fingerprint density at radius 1 is 1.09 bits per heavy atom. The van der Waals surface area contributed by atoms with Crippen LogP contribution < -0.4 is 15.0 Å². The summed E-state index contributed by atoms with van der Waals surface area (Å²) in [6, 6.07) is 10.5. The van der Waals surface area contributed by atoms with Crippen LogP contribution in [0.1, 0.15) is 66.7 Å². The average molecular weight is 615 g/mol. The molecule has 2 atom stereocenters. The van der Waals surface area contributed by atoms with Crippen molar-refractivity contribution < 1.29 is 19.4 Å². The molecule has 8 rings (SSSR count). The van der Waals surface area contributed by atoms with Crippen molar-refractivity contribution in [2.24, 2.45) is 5.41 Å². The number of anilines is 1. The van der Waals surface area contributed by atoms with Crippen molar-refractivity contribution in [1.29, 1.82) is 0 Å². The maximum absolute atomic E-state index is 14.1. The number of hydrogen-bond acceptors (Lipinski definition) is 9. The Morgan fingerprint density at radius 2 is 1.84 bits per heavy atom. The fraction of sp³-hybridized carbons (Fsp3) is 0.571. The van der Waals surface area contributed by atoms with E-state index in [0.717, 1.165) is 92.2 Å². The van der Waals surface area contributed by atoms with Crippen LogP contribution in [0.5, 0.6) is 11.8 Å². The number of piperazine rings is 1. The molecule has 1 aliphatic carbocycles. The van der Waals surface area contributed by atoms with Crippen LogP contribution in [-0.2, 0) is 17.8 Å². The lowest BCUT2D eigenvalue weighted by molar-refractivity contribution is 0.0231. The summed E-state index contributed by atoms with van der Waals surface area (Å²) < 4.78 is 12.0. The first-order chi connectivity index (χ1) is 21.9. The van der Waals surface area contributed by atoms with Gasteiger partial charge in [0.25, 0.3) is 5.91 Å². The third-order valence-electron chi connectivity index (χ3n) is 10.1. The molecule has 10 heteroatoms. The highest BCUT2D eigenvalue weighted by Crippen LogP contribution is 2.47. The molecule has 2 aromatic carbocycles. The Kier molecular flexibility index (Phi) is 8.31. The summed E-state index contributed by atoms with van der Waals surface area (Å²) in [6.07, 6.45) is 4.67. The molecule has 1 aromatic heterocycles. The molecule has 0 spiro atoms. The molecular weight excluding hydrogens is 568 g/mol. The van der Waals surface area contributed by atoms with Crippen LogP contribution in [0.2, 0.25) is 0 Å². The van der Waals surface area contributed by atoms with E-state index in [0.29, 0.717) is 43.4 Å². The summed E-state index contributed by atoms with van der Waals surface area (Å²) in [4.78, 5) is 30.7. The number of nitrogens with one attached hydrogen (secondary N) is 1. The minimum atomic E-state index is -0.107. The first-order valence-corrected chi connectivity index (χ1v) is 16.8. The van der Waals surface area contributed by atoms with Gasteiger partial charge >= 0.3 is 6.01 Å². The highest BCUT2D eigenvalue weighted by molar-refractivity contribution is 6.09. The zero-order valence-corrected chi connectivity index (χ0v) is 26.8. The molecule has 3 saturated heterocycles. The number of nitrogens with zero attached hydrogens (tertiary/aromatic N) is 5. The summed E-state index contributed by atoms with van der Waals surface area (Å²) in [6.45, 7) is 13.8. The summed E-state index contributed by atoms with van der Waals surface area (Å²) in [7, 11) is 0. The SMILES string of the molecule is CC.Cc1cccc2cc(O)cc(C(=O)N3Cc4nc(OCC5(CN6CCOCC6)CC5)nc(N5CC6CCC(C5)N6)c4C3)c12. The van der Waals surface area contributed by atoms with Crippen LogP contribution in [-0.4, -0.2) is 95.4 Å². The molecule has 2 bridgehead atoms. The Morgan fingerprint density at radius 3 is 2.58 bits per heavy atom. The first-order valence-electron chi connectivity index (χ1n) is 16.8. The molecule has 0 radical (unpaired) electrons. The van der Waals surface area contributed by atoms with Crippen LogP contribution in [0.3, 0.4) is 0 Å². The third-order valence-corrected chi connectivity index (χ3v) is 10.1. The van der Waals surface area contributed by atoms with E-state index in [1.165, 1.54) is 12.8 Å². The highest BCUT2D eigenvalue weighted by atomic mass is 16.5. The van der Waals surface area contributed by atoms with E-state index in [4.69, 9.17) is 19.4 Å². The Labute approximate surface area is 265 Å². The quantitative estimate of drug-likeness (QED) is 0.404. The number of carbonyl (C=O) groups is 1. The van der Waals surface area contributed by atoms with Crippen molar-refractivity contribution in [3.63, 3.8) is 0 Å². The van der Waals surface area contributed by atoms with Crippen molar-refractivity contribution >= 4 is 22.5 Å². The van der Waals surface area contributed by atoms with Gasteiger partial charge in [0.15, 0.2) is 0 Å². The average Bonchev–Trinajstić information content (AvgIpc) is 3.54. The second kappa shape index (κ2) is 12.4. The van der Waals surface area contributed by atoms with Crippen LogP contribution in [0.4, 0.5) is 5.82 Å². The number of aromatic nitrogens is 2. The van der Waals surface area contributed by atoms with Crippen molar-refractivity contribution in [3.05, 3.63) is 52.7 Å². The smallest absolute Gasteiger partial charge is 0.318 e. The lowest BCUT2D eigenvalue weighted by Crippen LogP contribution is -2.51. The van der Waals surface area contributed by atoms with E-state index in [9.17, 15) is 9.90 Å². The van der Waals surface area contributed by atoms with Crippen molar-refractivity contribution in [3.8, 4) is 11.8 Å². The standard InChI is InChI=1S/C33H40N6O4.C2H6/c1-21-3-2-4-22-13-25(40)14-26(29(21)22)31(41)39-17-27-28(18-39)35-32(36-30(27)38-15-23-5-6-24(16-38)34-23)43-20-33(7-8-33)19-37-9-11-42-12-10-37;1-2/h2-4,13-14,23-24,34,40H,5-12,15-20H2,1H3;1-2H3. The van der Waals surface area contributed by atoms with Gasteiger partial charge in [0, 0.05) is 55.8 Å². The summed E-state index contributed by atoms with van der Waals surface area (Å²) in [5, 5.41) is 15.9. The summed E-state index contributed by atoms with van der Waals surface area (Å²) in [5.74, 6) is 0.893. The van der Waals surface area contributed by atoms with Gasteiger partial charge in [0.05, 0.1) is 44.2 Å². The maximum atomic E-state index is 14.1. The second-order valence-electron chi connectivity index (χ2n) is 13.3. The van der Waals surface area contributed by atoms with Gasteiger partial charge in [-0.3, -0.25) is 9.69 Å². The molecule has 5 aliphatic rings. The molecule has 4 fully saturated rings. The predicted octanol–water partition coefficient (Wildman–Crippen LogP) is 4.26. The number of fused-ring (bicyclic) bond motifs is 4. The topological polar surface area (TPSA) is 103 Å². The highest BCUT2D eigenvalue weighted by Gasteiger charge is 2.45. The Balaban J connectivity index is 0.00000160. The van der Waals surface area contributed by atoms with Crippen molar-refractivity contribution in [1.82, 2.24) is 25.1 Å². The number of ether oxygens (including phenoxy) is 2. The van der Waals surface area contributed by atoms with E-state index in [-0.39, 0.29) is 17.1 Å². The molecular formula is C35H46N6O4. The Hall–Kier alpha value is -3.47. The van der Waals surface area contributed by atoms with Gasteiger partial charge in [-0.1, -0.05) is 32.0 Å². The molecule has 1 saturated carbocycles. The number of amides is 1. The molecule has 5 heterocycles. The third kappa shape index (κ3) is 6.07. The number of benzene rings is 2. The fourth-order valence-corrected chi connectivity index (χ4v) is 7.57. The van der Waals surface area contributed by atoms with E-state index in [2.05, 4.69) is 15.1 Å². The predicted molar refractivity (Wildman–Crippen MR) is 174 cm³/mol. The summed E-state index contributed by atoms with van der Waals surface area (Å²) >= 11 is 0. The Bertz CT molecular complexity index is 1560. The monoisotopic (exact) mass is 614 g/mol. The number of phenolic OH excluding ortho intramolecular Hbond substituents is 1. The van der Waals surface area contributed by atoms with Crippen LogP contribution in [0, 0.1) is 12.3 Å². The molecule has 4 aliphatic heterocycles. The molecule has 45 heavy (non-hydrogen) atoms. The molecule has 2 N–H and O–H groups in total. The number of aryl methyl sites for hydroxylation is 1. The zero-order chi connectivity index (χ0) is 31.1. The van der Waals surface area contributed by atoms with Gasteiger partial charge in [0.2, 0.25) is 0 Å². The number of morpholine rings is 1. The molecule has 2 unspecified atom stereocenters. The fourth-order valence-electron chi connectivity index (χ4n) is 7.57. The van der Waals surface area contributed by atoms with Crippen molar-refractivity contribution in [2.45, 2.75) is 71.6 Å². The summed E-state index contributed by atoms with van der Waals surface area (Å²) in [5.41, 5.74) is 3.56. The van der Waals surface area contributed by atoms with Gasteiger partial charge in [0.1, 0.15) is 11.6 Å². The molecule has 3 aromatic rings. The zero-order valence-electron chi connectivity index (χ0n) is 26.8. The molecule has 10 nitrogen and oxygen atoms in total. The van der Waals surface area contributed by atoms with Gasteiger partial charge in [-0.15, -0.1) is 0 Å². The largest absolute Gasteiger partial charge is 0.508 e. The molecule has 1 amide bonds. The van der Waals surface area contributed by atoms with Gasteiger partial charge in [-0.25, -0.2) is 0 Å². The van der Waals surface area contributed by atoms with E-state index < -0.39 is 0 Å². The second-order valence-corrected chi connectivity index (χ2v) is 13.3. The lowest BCUT2D eigenvalue weighted by atomic mass is 9.98. The number of carbonyl (C=O) groups excluding carboxylic acids is 1. The number of phenols is 1. The minimum absolute atomic E-state index is 0.0942. The lowest BCUT2D eigenvalue weighted by Gasteiger charge is -2.34. The van der Waals surface area contributed by atoms with Crippen LogP contribution in [0.25, 0.3) is 10.8 Å². The number of hydrogen-bond donors (Lipinski definition) is 2. The normalized spacial score (nSPS) is 23.4. The van der Waals surface area contributed by atoms with E-state index >= 15 is 0 Å². The maximum Gasteiger partial charge on any atom is 0.318 e. The first kappa shape index (κ1) is 30.2. The van der Waals surface area contributed by atoms with Crippen LogP contribution >= 0.6 is 0 Å². The minimum Gasteiger partial charge on any atom is -0.508 e. The van der Waals surface area contributed by atoms with E-state index in [1.54, 1.807) is 12.1 Å². The van der Waals surface area contributed by atoms with Gasteiger partial charge < -0.3 is 29.7 Å². The number of rotatable bonds is 7. The van der Waals surface area contributed by atoms with Gasteiger partial charge in [-0.2, -0.15) is 9.97 Å². The van der Waals surface area contributed by atoms with Gasteiger partial charge in [-0.05, 0) is 61.1 Å².